The van der Waals surface area contributed by atoms with E-state index in [1.807, 2.05) is 54.6 Å². The summed E-state index contributed by atoms with van der Waals surface area (Å²) in [6.45, 7) is 17.6. The van der Waals surface area contributed by atoms with Crippen molar-refractivity contribution < 1.29 is 28.6 Å². The molecule has 9 nitrogen and oxygen atoms in total. The molecule has 2 amide bonds. The minimum absolute atomic E-state index is 0.0466. The van der Waals surface area contributed by atoms with Gasteiger partial charge in [-0.2, -0.15) is 5.26 Å². The fraction of sp³-hybridized carbons (Fsp3) is 0.213. The summed E-state index contributed by atoms with van der Waals surface area (Å²) in [5, 5.41) is 19.1. The smallest absolute Gasteiger partial charge is 0.306 e. The highest BCUT2D eigenvalue weighted by atomic mass is 16.5. The van der Waals surface area contributed by atoms with Crippen molar-refractivity contribution in [2.75, 3.05) is 0 Å². The summed E-state index contributed by atoms with van der Waals surface area (Å²) in [4.78, 5) is 26.8. The molecular weight excluding hydrogens is 703 g/mol. The lowest BCUT2D eigenvalue weighted by Crippen LogP contribution is -2.41. The summed E-state index contributed by atoms with van der Waals surface area (Å²) in [6, 6.07) is 25.1. The molecule has 0 radical (unpaired) electrons. The third kappa shape index (κ3) is 8.01. The maximum Gasteiger partial charge on any atom is 0.306 e. The molecule has 0 saturated heterocycles. The first-order valence-corrected chi connectivity index (χ1v) is 18.3. The van der Waals surface area contributed by atoms with E-state index in [0.717, 1.165) is 16.7 Å². The Morgan fingerprint density at radius 3 is 1.70 bits per heavy atom. The molecule has 56 heavy (non-hydrogen) atoms. The van der Waals surface area contributed by atoms with Crippen LogP contribution in [0.5, 0.6) is 17.2 Å². The number of hydrogen-bond donors (Lipinski definition) is 3. The lowest BCUT2D eigenvalue weighted by atomic mass is 9.94. The fourth-order valence-electron chi connectivity index (χ4n) is 6.87. The van der Waals surface area contributed by atoms with E-state index in [0.29, 0.717) is 41.4 Å². The maximum absolute atomic E-state index is 13.8. The van der Waals surface area contributed by atoms with Crippen molar-refractivity contribution in [3.05, 3.63) is 158 Å². The van der Waals surface area contributed by atoms with Gasteiger partial charge in [0.15, 0.2) is 0 Å². The second-order valence-electron chi connectivity index (χ2n) is 14.2. The first-order chi connectivity index (χ1) is 26.8. The van der Waals surface area contributed by atoms with Gasteiger partial charge in [-0.15, -0.1) is 0 Å². The predicted molar refractivity (Wildman–Crippen MR) is 217 cm³/mol. The molecule has 0 unspecified atom stereocenters. The molecule has 0 aliphatic rings. The third-order valence-corrected chi connectivity index (χ3v) is 10.7. The molecule has 6 rings (SSSR count). The SMILES string of the molecule is Cc1cc(C)c(C)c(COc2cccc(-c3coc(C(=O)NNC(=O)c4ccc(O)c(C#N)c4)c3-c3cccc(OCc4c(C)c(C)cc(C)c4C)c3)c2)c1C. The van der Waals surface area contributed by atoms with E-state index in [9.17, 15) is 20.0 Å². The number of aryl methyl sites for hydroxylation is 4. The first kappa shape index (κ1) is 38.9. The molecule has 5 aromatic carbocycles. The van der Waals surface area contributed by atoms with Crippen LogP contribution in [0.15, 0.2) is 89.5 Å². The number of phenols is 1. The van der Waals surface area contributed by atoms with E-state index in [1.165, 1.54) is 69.0 Å². The zero-order chi connectivity index (χ0) is 40.3. The number of benzene rings is 5. The molecule has 0 atom stereocenters. The molecule has 284 valence electrons. The topological polar surface area (TPSA) is 134 Å². The van der Waals surface area contributed by atoms with Crippen LogP contribution in [0.2, 0.25) is 0 Å². The van der Waals surface area contributed by atoms with Crippen LogP contribution >= 0.6 is 0 Å². The molecule has 6 aromatic rings. The van der Waals surface area contributed by atoms with E-state index in [1.54, 1.807) is 0 Å². The average molecular weight is 748 g/mol. The molecule has 0 bridgehead atoms. The summed E-state index contributed by atoms with van der Waals surface area (Å²) in [7, 11) is 0. The summed E-state index contributed by atoms with van der Waals surface area (Å²) in [5.41, 5.74) is 19.2. The molecule has 3 N–H and O–H groups in total. The van der Waals surface area contributed by atoms with Gasteiger partial charge >= 0.3 is 5.91 Å². The van der Waals surface area contributed by atoms with Crippen molar-refractivity contribution in [3.8, 4) is 45.6 Å². The number of carbonyl (C=O) groups excluding carboxylic acids is 2. The van der Waals surface area contributed by atoms with Gasteiger partial charge in [0.25, 0.3) is 5.91 Å². The van der Waals surface area contributed by atoms with Crippen LogP contribution in [0, 0.1) is 66.7 Å². The Balaban J connectivity index is 1.34. The Labute approximate surface area is 327 Å². The zero-order valence-corrected chi connectivity index (χ0v) is 32.9. The minimum atomic E-state index is -0.708. The number of phenolic OH excluding ortho intramolecular Hbond substituents is 1. The summed E-state index contributed by atoms with van der Waals surface area (Å²) < 4.78 is 18.7. The number of nitrogens with one attached hydrogen (secondary N) is 2. The van der Waals surface area contributed by atoms with Crippen LogP contribution in [0.25, 0.3) is 22.3 Å². The molecule has 1 heterocycles. The summed E-state index contributed by atoms with van der Waals surface area (Å²) in [6.07, 6.45) is 1.51. The van der Waals surface area contributed by atoms with Gasteiger partial charge < -0.3 is 19.0 Å². The van der Waals surface area contributed by atoms with E-state index in [-0.39, 0.29) is 22.6 Å². The normalized spacial score (nSPS) is 10.8. The Bertz CT molecular complexity index is 2490. The largest absolute Gasteiger partial charge is 0.507 e. The second kappa shape index (κ2) is 16.3. The Morgan fingerprint density at radius 1 is 0.661 bits per heavy atom. The zero-order valence-electron chi connectivity index (χ0n) is 32.9. The quantitative estimate of drug-likeness (QED) is 0.119. The number of hydrogen-bond acceptors (Lipinski definition) is 7. The Morgan fingerprint density at radius 2 is 1.16 bits per heavy atom. The van der Waals surface area contributed by atoms with Crippen molar-refractivity contribution >= 4 is 11.8 Å². The van der Waals surface area contributed by atoms with Crippen molar-refractivity contribution in [2.24, 2.45) is 0 Å². The molecule has 0 saturated carbocycles. The number of nitriles is 1. The van der Waals surface area contributed by atoms with E-state index < -0.39 is 11.8 Å². The van der Waals surface area contributed by atoms with Gasteiger partial charge in [-0.1, -0.05) is 36.4 Å². The maximum atomic E-state index is 13.8. The number of amides is 2. The van der Waals surface area contributed by atoms with Gasteiger partial charge in [0, 0.05) is 16.7 Å². The predicted octanol–water partition coefficient (Wildman–Crippen LogP) is 9.89. The summed E-state index contributed by atoms with van der Waals surface area (Å²) >= 11 is 0. The monoisotopic (exact) mass is 747 g/mol. The van der Waals surface area contributed by atoms with Crippen LogP contribution in [0.1, 0.15) is 82.1 Å². The third-order valence-electron chi connectivity index (χ3n) is 10.7. The average Bonchev–Trinajstić information content (AvgIpc) is 3.64. The molecule has 0 fully saturated rings. The highest BCUT2D eigenvalue weighted by Gasteiger charge is 2.24. The van der Waals surface area contributed by atoms with Crippen LogP contribution in [0.3, 0.4) is 0 Å². The molecule has 0 aliphatic carbocycles. The highest BCUT2D eigenvalue weighted by Crippen LogP contribution is 2.39. The van der Waals surface area contributed by atoms with Crippen LogP contribution in [0.4, 0.5) is 0 Å². The number of ether oxygens (including phenoxy) is 2. The Hall–Kier alpha value is -6.79. The van der Waals surface area contributed by atoms with Gasteiger partial charge in [0.2, 0.25) is 5.76 Å². The standard InChI is InChI=1S/C47H45N3O6/c1-26-17-27(2)31(6)40(30(26)5)23-54-38-13-9-11-34(20-38)42-25-56-45(47(53)50-49-46(52)36-15-16-43(51)37(19-36)22-48)44(42)35-12-10-14-39(21-35)55-24-41-32(7)28(3)18-29(4)33(41)8/h9-21,25,51H,23-24H2,1-8H3,(H,49,52)(H,50,53). The van der Waals surface area contributed by atoms with Gasteiger partial charge in [0.1, 0.15) is 36.5 Å². The number of carbonyl (C=O) groups is 2. The van der Waals surface area contributed by atoms with Crippen molar-refractivity contribution in [1.82, 2.24) is 10.9 Å². The molecular formula is C47H45N3O6. The van der Waals surface area contributed by atoms with Crippen LogP contribution in [-0.4, -0.2) is 16.9 Å². The number of aromatic hydroxyl groups is 1. The van der Waals surface area contributed by atoms with E-state index >= 15 is 0 Å². The van der Waals surface area contributed by atoms with Gasteiger partial charge in [0.05, 0.1) is 11.8 Å². The number of rotatable bonds is 10. The number of furan rings is 1. The van der Waals surface area contributed by atoms with Gasteiger partial charge in [-0.3, -0.25) is 20.4 Å². The minimum Gasteiger partial charge on any atom is -0.507 e. The lowest BCUT2D eigenvalue weighted by Gasteiger charge is -2.17. The first-order valence-electron chi connectivity index (χ1n) is 18.3. The molecule has 9 heteroatoms. The van der Waals surface area contributed by atoms with Crippen molar-refractivity contribution in [2.45, 2.75) is 68.6 Å². The molecule has 1 aromatic heterocycles. The van der Waals surface area contributed by atoms with Crippen LogP contribution < -0.4 is 20.3 Å². The highest BCUT2D eigenvalue weighted by molar-refractivity contribution is 6.04. The number of hydrazine groups is 1. The Kier molecular flexibility index (Phi) is 11.3. The van der Waals surface area contributed by atoms with Crippen molar-refractivity contribution in [3.63, 3.8) is 0 Å². The molecule has 0 spiro atoms. The second-order valence-corrected chi connectivity index (χ2v) is 14.2. The fourth-order valence-corrected chi connectivity index (χ4v) is 6.87. The summed E-state index contributed by atoms with van der Waals surface area (Å²) in [5.74, 6) is -0.447. The van der Waals surface area contributed by atoms with E-state index in [2.05, 4.69) is 78.4 Å². The lowest BCUT2D eigenvalue weighted by molar-refractivity contribution is 0.0831. The van der Waals surface area contributed by atoms with Crippen LogP contribution in [-0.2, 0) is 13.2 Å². The van der Waals surface area contributed by atoms with Crippen molar-refractivity contribution in [1.29, 1.82) is 5.26 Å². The number of nitrogens with zero attached hydrogens (tertiary/aromatic N) is 1. The van der Waals surface area contributed by atoms with Gasteiger partial charge in [-0.25, -0.2) is 0 Å². The molecule has 0 aliphatic heterocycles. The van der Waals surface area contributed by atoms with E-state index in [4.69, 9.17) is 13.9 Å². The van der Waals surface area contributed by atoms with Gasteiger partial charge in [-0.05, 0) is 165 Å².